The molecule has 0 radical (unpaired) electrons. The number of carboxylic acids is 1. The van der Waals surface area contributed by atoms with E-state index in [0.29, 0.717) is 13.0 Å². The minimum Gasteiger partial charge on any atom is -0.479 e. The summed E-state index contributed by atoms with van der Waals surface area (Å²) >= 11 is 0. The molecule has 3 aliphatic rings. The lowest BCUT2D eigenvalue weighted by Crippen LogP contribution is -2.50. The maximum absolute atomic E-state index is 11.7. The minimum atomic E-state index is -1.32. The first kappa shape index (κ1) is 13.3. The summed E-state index contributed by atoms with van der Waals surface area (Å²) in [6.07, 6.45) is -0.535. The summed E-state index contributed by atoms with van der Waals surface area (Å²) in [4.78, 5) is 11.7. The van der Waals surface area contributed by atoms with Crippen molar-refractivity contribution in [2.45, 2.75) is 63.5 Å². The summed E-state index contributed by atoms with van der Waals surface area (Å²) in [7, 11) is 0. The Hall–Kier alpha value is -0.690. The zero-order chi connectivity index (χ0) is 14.1. The molecule has 3 fully saturated rings. The molecule has 0 spiro atoms. The van der Waals surface area contributed by atoms with Gasteiger partial charge in [0, 0.05) is 5.92 Å². The Morgan fingerprint density at radius 3 is 2.47 bits per heavy atom. The van der Waals surface area contributed by atoms with Crippen LogP contribution in [0.25, 0.3) is 0 Å². The molecule has 2 aliphatic heterocycles. The van der Waals surface area contributed by atoms with E-state index in [1.807, 2.05) is 13.8 Å². The molecule has 0 aromatic heterocycles. The van der Waals surface area contributed by atoms with Gasteiger partial charge in [-0.15, -0.1) is 0 Å². The Balaban J connectivity index is 1.94. The monoisotopic (exact) mass is 272 g/mol. The fourth-order valence-electron chi connectivity index (χ4n) is 3.40. The van der Waals surface area contributed by atoms with Crippen LogP contribution in [-0.2, 0) is 23.7 Å². The molecule has 0 amide bonds. The molecule has 19 heavy (non-hydrogen) atoms. The summed E-state index contributed by atoms with van der Waals surface area (Å²) in [5.41, 5.74) is -1.32. The number of ether oxygens (including phenoxy) is 4. The van der Waals surface area contributed by atoms with Gasteiger partial charge in [-0.2, -0.15) is 0 Å². The van der Waals surface area contributed by atoms with Gasteiger partial charge in [-0.1, -0.05) is 0 Å². The third-order valence-electron chi connectivity index (χ3n) is 4.05. The van der Waals surface area contributed by atoms with Gasteiger partial charge in [0.05, 0.1) is 12.7 Å². The van der Waals surface area contributed by atoms with E-state index in [0.717, 1.165) is 0 Å². The molecule has 1 N–H and O–H groups in total. The van der Waals surface area contributed by atoms with Gasteiger partial charge in [-0.05, 0) is 34.1 Å². The van der Waals surface area contributed by atoms with Crippen LogP contribution in [0.15, 0.2) is 0 Å². The molecule has 1 aliphatic carbocycles. The highest BCUT2D eigenvalue weighted by Crippen LogP contribution is 2.52. The summed E-state index contributed by atoms with van der Waals surface area (Å²) in [6, 6.07) is 0. The van der Waals surface area contributed by atoms with Crippen molar-refractivity contribution in [2.75, 3.05) is 6.61 Å². The zero-order valence-electron chi connectivity index (χ0n) is 11.6. The van der Waals surface area contributed by atoms with Crippen LogP contribution in [-0.4, -0.2) is 47.1 Å². The molecule has 1 saturated carbocycles. The molecular weight excluding hydrogens is 252 g/mol. The summed E-state index contributed by atoms with van der Waals surface area (Å²) < 4.78 is 23.0. The molecular formula is C13H20O6. The first-order valence-corrected chi connectivity index (χ1v) is 6.58. The van der Waals surface area contributed by atoms with Crippen LogP contribution in [0.3, 0.4) is 0 Å². The molecule has 0 aromatic rings. The number of aliphatic carboxylic acids is 1. The van der Waals surface area contributed by atoms with Crippen LogP contribution in [0.4, 0.5) is 0 Å². The molecule has 6 nitrogen and oxygen atoms in total. The van der Waals surface area contributed by atoms with Gasteiger partial charge in [-0.3, -0.25) is 0 Å². The van der Waals surface area contributed by atoms with Crippen molar-refractivity contribution in [1.82, 2.24) is 0 Å². The number of fused-ring (bicyclic) bond motifs is 3. The van der Waals surface area contributed by atoms with E-state index >= 15 is 0 Å². The average Bonchev–Trinajstić information content (AvgIpc) is 2.67. The van der Waals surface area contributed by atoms with E-state index in [2.05, 4.69) is 0 Å². The van der Waals surface area contributed by atoms with Crippen LogP contribution in [0, 0.1) is 5.92 Å². The lowest BCUT2D eigenvalue weighted by Gasteiger charge is -2.39. The van der Waals surface area contributed by atoms with Crippen LogP contribution < -0.4 is 0 Å². The average molecular weight is 272 g/mol. The Labute approximate surface area is 112 Å². The second kappa shape index (κ2) is 3.69. The lowest BCUT2D eigenvalue weighted by atomic mass is 9.99. The fraction of sp³-hybridized carbons (Fsp3) is 0.923. The highest BCUT2D eigenvalue weighted by atomic mass is 16.8. The Kier molecular flexibility index (Phi) is 2.59. The molecule has 0 bridgehead atoms. The van der Waals surface area contributed by atoms with E-state index in [1.54, 1.807) is 13.8 Å². The SMILES string of the molecule is CC1(C)OC[C@@H]2C[C@@]3(C(=O)O)OC(C)(C)O[C@H]3C2O1. The van der Waals surface area contributed by atoms with E-state index in [1.165, 1.54) is 0 Å². The molecule has 2 saturated heterocycles. The first-order valence-electron chi connectivity index (χ1n) is 6.58. The Bertz CT molecular complexity index is 417. The van der Waals surface area contributed by atoms with Gasteiger partial charge >= 0.3 is 5.97 Å². The second-order valence-electron chi connectivity index (χ2n) is 6.49. The first-order chi connectivity index (χ1) is 8.65. The normalized spacial score (nSPS) is 46.6. The molecule has 3 rings (SSSR count). The van der Waals surface area contributed by atoms with E-state index in [9.17, 15) is 9.90 Å². The standard InChI is InChI=1S/C13H20O6/c1-11(2)16-6-7-5-13(10(14)15)9(8(7)17-11)18-12(3,4)19-13/h7-9H,5-6H2,1-4H3,(H,14,15)/t7-,8?,9-,13+/m0/s1. The van der Waals surface area contributed by atoms with Crippen LogP contribution >= 0.6 is 0 Å². The van der Waals surface area contributed by atoms with Crippen molar-refractivity contribution in [3.63, 3.8) is 0 Å². The quantitative estimate of drug-likeness (QED) is 0.771. The number of hydrogen-bond donors (Lipinski definition) is 1. The fourth-order valence-corrected chi connectivity index (χ4v) is 3.40. The largest absolute Gasteiger partial charge is 0.479 e. The van der Waals surface area contributed by atoms with Crippen molar-refractivity contribution in [2.24, 2.45) is 5.92 Å². The van der Waals surface area contributed by atoms with Gasteiger partial charge < -0.3 is 24.1 Å². The highest BCUT2D eigenvalue weighted by Gasteiger charge is 2.69. The highest BCUT2D eigenvalue weighted by molar-refractivity contribution is 5.80. The summed E-state index contributed by atoms with van der Waals surface area (Å²) in [6.45, 7) is 7.58. The third-order valence-corrected chi connectivity index (χ3v) is 4.05. The smallest absolute Gasteiger partial charge is 0.338 e. The Morgan fingerprint density at radius 2 is 1.84 bits per heavy atom. The van der Waals surface area contributed by atoms with Gasteiger partial charge in [0.2, 0.25) is 0 Å². The number of hydrogen-bond acceptors (Lipinski definition) is 5. The van der Waals surface area contributed by atoms with Crippen LogP contribution in [0.5, 0.6) is 0 Å². The van der Waals surface area contributed by atoms with E-state index < -0.39 is 29.2 Å². The van der Waals surface area contributed by atoms with Gasteiger partial charge in [0.25, 0.3) is 0 Å². The summed E-state index contributed by atoms with van der Waals surface area (Å²) in [5.74, 6) is -2.62. The lowest BCUT2D eigenvalue weighted by molar-refractivity contribution is -0.306. The number of carboxylic acid groups (broad SMARTS) is 1. The van der Waals surface area contributed by atoms with E-state index in [-0.39, 0.29) is 12.0 Å². The van der Waals surface area contributed by atoms with Gasteiger partial charge in [0.1, 0.15) is 6.10 Å². The van der Waals surface area contributed by atoms with Gasteiger partial charge in [-0.25, -0.2) is 4.79 Å². The number of rotatable bonds is 1. The molecule has 4 atom stereocenters. The minimum absolute atomic E-state index is 0.00905. The maximum Gasteiger partial charge on any atom is 0.338 e. The maximum atomic E-state index is 11.7. The molecule has 0 aromatic carbocycles. The third kappa shape index (κ3) is 1.89. The Morgan fingerprint density at radius 1 is 1.16 bits per heavy atom. The molecule has 108 valence electrons. The topological polar surface area (TPSA) is 74.2 Å². The van der Waals surface area contributed by atoms with Gasteiger partial charge in [0.15, 0.2) is 17.2 Å². The van der Waals surface area contributed by atoms with E-state index in [4.69, 9.17) is 18.9 Å². The molecule has 6 heteroatoms. The van der Waals surface area contributed by atoms with Crippen molar-refractivity contribution in [1.29, 1.82) is 0 Å². The molecule has 2 heterocycles. The van der Waals surface area contributed by atoms with Crippen LogP contribution in [0.2, 0.25) is 0 Å². The van der Waals surface area contributed by atoms with Crippen molar-refractivity contribution in [3.8, 4) is 0 Å². The second-order valence-corrected chi connectivity index (χ2v) is 6.49. The molecule has 1 unspecified atom stereocenters. The van der Waals surface area contributed by atoms with Crippen molar-refractivity contribution in [3.05, 3.63) is 0 Å². The zero-order valence-corrected chi connectivity index (χ0v) is 11.6. The predicted octanol–water partition coefficient (Wildman–Crippen LogP) is 1.13. The number of carbonyl (C=O) groups is 1. The summed E-state index contributed by atoms with van der Waals surface area (Å²) in [5, 5.41) is 9.58. The van der Waals surface area contributed by atoms with Crippen molar-refractivity contribution >= 4 is 5.97 Å². The van der Waals surface area contributed by atoms with Crippen LogP contribution in [0.1, 0.15) is 34.1 Å². The van der Waals surface area contributed by atoms with Crippen molar-refractivity contribution < 1.29 is 28.8 Å². The predicted molar refractivity (Wildman–Crippen MR) is 63.4 cm³/mol.